The van der Waals surface area contributed by atoms with Gasteiger partial charge in [0.05, 0.1) is 5.02 Å². The van der Waals surface area contributed by atoms with Crippen LogP contribution in [0.25, 0.3) is 0 Å². The topological polar surface area (TPSA) is 26.3 Å². The highest BCUT2D eigenvalue weighted by Crippen LogP contribution is 2.26. The third-order valence-corrected chi connectivity index (χ3v) is 3.82. The Morgan fingerprint density at radius 3 is 2.40 bits per heavy atom. The number of ketones is 1. The van der Waals surface area contributed by atoms with Crippen LogP contribution < -0.4 is 4.74 Å². The molecule has 0 spiro atoms. The summed E-state index contributed by atoms with van der Waals surface area (Å²) in [6, 6.07) is 11.4. The molecule has 0 aliphatic rings. The highest BCUT2D eigenvalue weighted by molar-refractivity contribution is 9.09. The highest BCUT2D eigenvalue weighted by atomic mass is 79.9. The molecule has 0 fully saturated rings. The molecule has 2 nitrogen and oxygen atoms in total. The summed E-state index contributed by atoms with van der Waals surface area (Å²) in [6.45, 7) is 0. The molecule has 0 aliphatic carbocycles. The van der Waals surface area contributed by atoms with Crippen LogP contribution in [-0.4, -0.2) is 10.8 Å². The van der Waals surface area contributed by atoms with Crippen LogP contribution in [0.2, 0.25) is 15.1 Å². The van der Waals surface area contributed by atoms with Crippen molar-refractivity contribution >= 4 is 56.5 Å². The minimum absolute atomic E-state index is 0.279. The van der Waals surface area contributed by atoms with Crippen LogP contribution in [0.1, 0.15) is 10.4 Å². The lowest BCUT2D eigenvalue weighted by Gasteiger charge is -2.13. The van der Waals surface area contributed by atoms with Crippen molar-refractivity contribution in [2.45, 2.75) is 5.01 Å². The lowest BCUT2D eigenvalue weighted by Crippen LogP contribution is -2.21. The van der Waals surface area contributed by atoms with Gasteiger partial charge in [0.1, 0.15) is 5.75 Å². The number of hydrogen-bond donors (Lipinski definition) is 0. The zero-order valence-electron chi connectivity index (χ0n) is 9.95. The Bertz CT molecular complexity index is 646. The van der Waals surface area contributed by atoms with Gasteiger partial charge in [-0.05, 0) is 52.3 Å². The summed E-state index contributed by atoms with van der Waals surface area (Å²) < 4.78 is 5.49. The number of carbonyl (C=O) groups excluding carboxylic acids is 1. The summed E-state index contributed by atoms with van der Waals surface area (Å²) in [4.78, 5) is 12.2. The van der Waals surface area contributed by atoms with Gasteiger partial charge in [-0.3, -0.25) is 4.79 Å². The lowest BCUT2D eigenvalue weighted by atomic mass is 10.1. The normalized spacial score (nSPS) is 12.0. The molecule has 0 aliphatic heterocycles. The molecule has 0 N–H and O–H groups in total. The minimum atomic E-state index is -0.861. The van der Waals surface area contributed by atoms with Crippen molar-refractivity contribution in [3.05, 3.63) is 63.1 Å². The molecule has 2 aromatic rings. The monoisotopic (exact) mass is 392 g/mol. The van der Waals surface area contributed by atoms with Crippen LogP contribution in [0.15, 0.2) is 42.5 Å². The molecule has 0 saturated heterocycles. The largest absolute Gasteiger partial charge is 0.471 e. The van der Waals surface area contributed by atoms with E-state index >= 15 is 0 Å². The van der Waals surface area contributed by atoms with Crippen molar-refractivity contribution in [2.75, 3.05) is 0 Å². The van der Waals surface area contributed by atoms with Gasteiger partial charge in [-0.1, -0.05) is 40.9 Å². The Kier molecular flexibility index (Phi) is 5.33. The average Bonchev–Trinajstić information content (AvgIpc) is 2.38. The van der Waals surface area contributed by atoms with Crippen molar-refractivity contribution in [1.82, 2.24) is 0 Å². The van der Waals surface area contributed by atoms with Crippen molar-refractivity contribution in [2.24, 2.45) is 0 Å². The molecule has 20 heavy (non-hydrogen) atoms. The van der Waals surface area contributed by atoms with Gasteiger partial charge in [0, 0.05) is 15.6 Å². The van der Waals surface area contributed by atoms with Gasteiger partial charge in [0.15, 0.2) is 0 Å². The zero-order chi connectivity index (χ0) is 14.7. The maximum absolute atomic E-state index is 12.2. The van der Waals surface area contributed by atoms with Gasteiger partial charge in [0.25, 0.3) is 0 Å². The standard InChI is InChI=1S/C14H8BrCl3O2/c15-14(20-10-3-1-2-8(16)6-10)13(19)11-5-4-9(17)7-12(11)18/h1-7,14H. The molecule has 1 atom stereocenters. The summed E-state index contributed by atoms with van der Waals surface area (Å²) in [5.41, 5.74) is 0.333. The van der Waals surface area contributed by atoms with Crippen LogP contribution in [0.3, 0.4) is 0 Å². The Morgan fingerprint density at radius 2 is 1.75 bits per heavy atom. The smallest absolute Gasteiger partial charge is 0.215 e. The maximum atomic E-state index is 12.2. The van der Waals surface area contributed by atoms with E-state index in [9.17, 15) is 4.79 Å². The summed E-state index contributed by atoms with van der Waals surface area (Å²) in [5.74, 6) is 0.185. The Labute approximate surface area is 139 Å². The van der Waals surface area contributed by atoms with Crippen molar-refractivity contribution in [3.63, 3.8) is 0 Å². The van der Waals surface area contributed by atoms with Crippen LogP contribution in [-0.2, 0) is 0 Å². The van der Waals surface area contributed by atoms with E-state index in [1.807, 2.05) is 0 Å². The first-order valence-electron chi connectivity index (χ1n) is 5.53. The van der Waals surface area contributed by atoms with E-state index in [4.69, 9.17) is 39.5 Å². The van der Waals surface area contributed by atoms with E-state index < -0.39 is 5.01 Å². The lowest BCUT2D eigenvalue weighted by molar-refractivity contribution is 0.0897. The van der Waals surface area contributed by atoms with E-state index in [1.54, 1.807) is 36.4 Å². The first-order chi connectivity index (χ1) is 9.47. The predicted molar refractivity (Wildman–Crippen MR) is 85.6 cm³/mol. The number of Topliss-reactive ketones (excluding diaryl/α,β-unsaturated/α-hetero) is 1. The van der Waals surface area contributed by atoms with Crippen molar-refractivity contribution < 1.29 is 9.53 Å². The average molecular weight is 394 g/mol. The Balaban J connectivity index is 2.16. The second-order valence-electron chi connectivity index (χ2n) is 3.88. The quantitative estimate of drug-likeness (QED) is 0.496. The molecule has 2 rings (SSSR count). The van der Waals surface area contributed by atoms with Crippen LogP contribution in [0, 0.1) is 0 Å². The van der Waals surface area contributed by atoms with Gasteiger partial charge in [-0.15, -0.1) is 0 Å². The van der Waals surface area contributed by atoms with E-state index in [2.05, 4.69) is 15.9 Å². The summed E-state index contributed by atoms with van der Waals surface area (Å²) in [6.07, 6.45) is 0. The van der Waals surface area contributed by atoms with Crippen molar-refractivity contribution in [1.29, 1.82) is 0 Å². The molecule has 0 bridgehead atoms. The Morgan fingerprint density at radius 1 is 1.05 bits per heavy atom. The van der Waals surface area contributed by atoms with Gasteiger partial charge < -0.3 is 4.74 Å². The molecule has 0 saturated carbocycles. The minimum Gasteiger partial charge on any atom is -0.471 e. The molecule has 2 aromatic carbocycles. The summed E-state index contributed by atoms with van der Waals surface area (Å²) >= 11 is 20.8. The number of ether oxygens (including phenoxy) is 1. The molecule has 0 heterocycles. The van der Waals surface area contributed by atoms with Gasteiger partial charge in [-0.25, -0.2) is 0 Å². The third kappa shape index (κ3) is 3.89. The molecular weight excluding hydrogens is 386 g/mol. The summed E-state index contributed by atoms with van der Waals surface area (Å²) in [7, 11) is 0. The van der Waals surface area contributed by atoms with Crippen molar-refractivity contribution in [3.8, 4) is 5.75 Å². The highest BCUT2D eigenvalue weighted by Gasteiger charge is 2.21. The summed E-state index contributed by atoms with van der Waals surface area (Å²) in [5, 5.41) is 0.411. The van der Waals surface area contributed by atoms with Gasteiger partial charge in [0.2, 0.25) is 10.8 Å². The van der Waals surface area contributed by atoms with Crippen LogP contribution in [0.4, 0.5) is 0 Å². The van der Waals surface area contributed by atoms with E-state index in [0.717, 1.165) is 0 Å². The fraction of sp³-hybridized carbons (Fsp3) is 0.0714. The number of hydrogen-bond acceptors (Lipinski definition) is 2. The Hall–Kier alpha value is -0.740. The van der Waals surface area contributed by atoms with Gasteiger partial charge >= 0.3 is 0 Å². The SMILES string of the molecule is O=C(c1ccc(Cl)cc1Cl)C(Br)Oc1cccc(Cl)c1. The third-order valence-electron chi connectivity index (χ3n) is 2.44. The van der Waals surface area contributed by atoms with E-state index in [-0.39, 0.29) is 10.8 Å². The fourth-order valence-electron chi connectivity index (χ4n) is 1.52. The number of carbonyl (C=O) groups is 1. The van der Waals surface area contributed by atoms with E-state index in [0.29, 0.717) is 21.4 Å². The second kappa shape index (κ2) is 6.81. The van der Waals surface area contributed by atoms with Crippen LogP contribution in [0.5, 0.6) is 5.75 Å². The number of alkyl halides is 1. The molecule has 1 unspecified atom stereocenters. The number of rotatable bonds is 4. The number of halogens is 4. The zero-order valence-corrected chi connectivity index (χ0v) is 13.8. The molecule has 0 radical (unpaired) electrons. The molecular formula is C14H8BrCl3O2. The van der Waals surface area contributed by atoms with Crippen LogP contribution >= 0.6 is 50.7 Å². The van der Waals surface area contributed by atoms with E-state index in [1.165, 1.54) is 6.07 Å². The molecule has 0 amide bonds. The van der Waals surface area contributed by atoms with Gasteiger partial charge in [-0.2, -0.15) is 0 Å². The molecule has 104 valence electrons. The number of benzene rings is 2. The maximum Gasteiger partial charge on any atom is 0.215 e. The fourth-order valence-corrected chi connectivity index (χ4v) is 2.67. The second-order valence-corrected chi connectivity index (χ2v) is 5.99. The first kappa shape index (κ1) is 15.6. The predicted octanol–water partition coefficient (Wildman–Crippen LogP) is 5.63. The molecule has 6 heteroatoms. The first-order valence-corrected chi connectivity index (χ1v) is 7.58. The molecule has 0 aromatic heterocycles.